The summed E-state index contributed by atoms with van der Waals surface area (Å²) in [6.45, 7) is 6.81. The van der Waals surface area contributed by atoms with E-state index in [-0.39, 0.29) is 0 Å². The first-order chi connectivity index (χ1) is 10.2. The maximum absolute atomic E-state index is 12.2. The first-order valence-corrected chi connectivity index (χ1v) is 10.4. The zero-order chi connectivity index (χ0) is 15.8. The summed E-state index contributed by atoms with van der Waals surface area (Å²) in [5.74, 6) is 0. The summed E-state index contributed by atoms with van der Waals surface area (Å²) < 4.78 is 22.7. The van der Waals surface area contributed by atoms with Gasteiger partial charge in [-0.25, -0.2) is 0 Å². The molecule has 0 aliphatic rings. The lowest BCUT2D eigenvalue weighted by Gasteiger charge is -2.14. The van der Waals surface area contributed by atoms with E-state index in [1.54, 1.807) is 0 Å². The van der Waals surface area contributed by atoms with Gasteiger partial charge in [0.2, 0.25) is 0 Å². The Morgan fingerprint density at radius 2 is 1.29 bits per heavy atom. The molecule has 0 saturated carbocycles. The van der Waals surface area contributed by atoms with Gasteiger partial charge in [-0.1, -0.05) is 64.0 Å². The molecule has 21 heavy (non-hydrogen) atoms. The van der Waals surface area contributed by atoms with Gasteiger partial charge in [0, 0.05) is 0 Å². The van der Waals surface area contributed by atoms with Gasteiger partial charge in [0.1, 0.15) is 0 Å². The van der Waals surface area contributed by atoms with Crippen LogP contribution < -0.4 is 0 Å². The van der Waals surface area contributed by atoms with E-state index in [1.807, 2.05) is 19.9 Å². The summed E-state index contributed by atoms with van der Waals surface area (Å²) >= 11 is 0. The van der Waals surface area contributed by atoms with Crippen molar-refractivity contribution in [1.82, 2.24) is 0 Å². The first kappa shape index (κ1) is 20.9. The first-order valence-electron chi connectivity index (χ1n) is 8.71. The van der Waals surface area contributed by atoms with Crippen LogP contribution in [-0.2, 0) is 13.6 Å². The Balaban J connectivity index is 3.56. The molecule has 0 heterocycles. The molecule has 126 valence electrons. The minimum absolute atomic E-state index is 0.395. The van der Waals surface area contributed by atoms with Crippen LogP contribution in [0.4, 0.5) is 0 Å². The van der Waals surface area contributed by atoms with Crippen molar-refractivity contribution in [3.05, 3.63) is 12.2 Å². The lowest BCUT2D eigenvalue weighted by atomic mass is 10.1. The smallest absolute Gasteiger partial charge is 0.309 e. The molecule has 0 aromatic carbocycles. The Hall–Kier alpha value is -0.110. The standard InChI is InChI=1S/C17H35O3P/c1-4-7-8-9-10-11-12-13-14-15-16-17-21(18,19-5-2)20-6-3/h15-16H,4-14,17H2,1-3H3. The molecule has 0 aromatic rings. The molecular formula is C17H35O3P. The molecule has 0 bridgehead atoms. The number of hydrogen-bond donors (Lipinski definition) is 0. The zero-order valence-corrected chi connectivity index (χ0v) is 15.2. The van der Waals surface area contributed by atoms with Crippen LogP contribution in [0.25, 0.3) is 0 Å². The van der Waals surface area contributed by atoms with E-state index in [0.29, 0.717) is 19.4 Å². The van der Waals surface area contributed by atoms with Crippen LogP contribution in [0, 0.1) is 0 Å². The van der Waals surface area contributed by atoms with Gasteiger partial charge in [0.25, 0.3) is 0 Å². The minimum Gasteiger partial charge on any atom is -0.309 e. The predicted octanol–water partition coefficient (Wildman–Crippen LogP) is 6.34. The molecule has 0 radical (unpaired) electrons. The van der Waals surface area contributed by atoms with Crippen molar-refractivity contribution < 1.29 is 13.6 Å². The second-order valence-electron chi connectivity index (χ2n) is 5.36. The van der Waals surface area contributed by atoms with Gasteiger partial charge < -0.3 is 9.05 Å². The lowest BCUT2D eigenvalue weighted by Crippen LogP contribution is -1.98. The van der Waals surface area contributed by atoms with Crippen LogP contribution in [-0.4, -0.2) is 19.4 Å². The van der Waals surface area contributed by atoms with E-state index in [2.05, 4.69) is 13.0 Å². The normalized spacial score (nSPS) is 12.3. The Morgan fingerprint density at radius 3 is 1.81 bits per heavy atom. The van der Waals surface area contributed by atoms with Crippen LogP contribution >= 0.6 is 7.60 Å². The van der Waals surface area contributed by atoms with E-state index in [0.717, 1.165) is 6.42 Å². The van der Waals surface area contributed by atoms with Crippen molar-refractivity contribution in [3.8, 4) is 0 Å². The molecule has 0 saturated heterocycles. The van der Waals surface area contributed by atoms with Crippen LogP contribution in [0.5, 0.6) is 0 Å². The molecule has 3 nitrogen and oxygen atoms in total. The van der Waals surface area contributed by atoms with Gasteiger partial charge >= 0.3 is 7.60 Å². The van der Waals surface area contributed by atoms with Crippen LogP contribution in [0.1, 0.15) is 78.6 Å². The number of hydrogen-bond acceptors (Lipinski definition) is 3. The van der Waals surface area contributed by atoms with Crippen molar-refractivity contribution in [1.29, 1.82) is 0 Å². The molecule has 0 fully saturated rings. The molecule has 0 rings (SSSR count). The molecule has 0 atom stereocenters. The second kappa shape index (κ2) is 14.8. The summed E-state index contributed by atoms with van der Waals surface area (Å²) in [7, 11) is -2.88. The van der Waals surface area contributed by atoms with Crippen molar-refractivity contribution >= 4 is 7.60 Å². The highest BCUT2D eigenvalue weighted by Gasteiger charge is 2.20. The fourth-order valence-electron chi connectivity index (χ4n) is 2.25. The quantitative estimate of drug-likeness (QED) is 0.201. The Labute approximate surface area is 132 Å². The SMILES string of the molecule is CCCCCCCCCCC=CCP(=O)(OCC)OCC. The monoisotopic (exact) mass is 318 g/mol. The molecule has 0 aliphatic heterocycles. The molecule has 0 N–H and O–H groups in total. The van der Waals surface area contributed by atoms with Crippen LogP contribution in [0.3, 0.4) is 0 Å². The number of unbranched alkanes of at least 4 members (excludes halogenated alkanes) is 8. The zero-order valence-electron chi connectivity index (χ0n) is 14.3. The van der Waals surface area contributed by atoms with Crippen molar-refractivity contribution in [3.63, 3.8) is 0 Å². The average molecular weight is 318 g/mol. The molecule has 0 aliphatic carbocycles. The van der Waals surface area contributed by atoms with E-state index in [9.17, 15) is 4.57 Å². The summed E-state index contributed by atoms with van der Waals surface area (Å²) in [6.07, 6.45) is 16.2. The highest BCUT2D eigenvalue weighted by Crippen LogP contribution is 2.47. The Morgan fingerprint density at radius 1 is 0.762 bits per heavy atom. The highest BCUT2D eigenvalue weighted by atomic mass is 31.2. The minimum atomic E-state index is -2.88. The van der Waals surface area contributed by atoms with Crippen molar-refractivity contribution in [2.45, 2.75) is 78.6 Å². The maximum atomic E-state index is 12.2. The van der Waals surface area contributed by atoms with E-state index >= 15 is 0 Å². The summed E-state index contributed by atoms with van der Waals surface area (Å²) in [5, 5.41) is 0. The van der Waals surface area contributed by atoms with E-state index in [4.69, 9.17) is 9.05 Å². The molecule has 0 spiro atoms. The topological polar surface area (TPSA) is 35.5 Å². The largest absolute Gasteiger partial charge is 0.334 e. The third-order valence-electron chi connectivity index (χ3n) is 3.37. The highest BCUT2D eigenvalue weighted by molar-refractivity contribution is 7.54. The average Bonchev–Trinajstić information content (AvgIpc) is 2.45. The molecule has 0 aromatic heterocycles. The van der Waals surface area contributed by atoms with E-state index in [1.165, 1.54) is 51.4 Å². The number of allylic oxidation sites excluding steroid dienone is 2. The predicted molar refractivity (Wildman–Crippen MR) is 92.1 cm³/mol. The molecular weight excluding hydrogens is 283 g/mol. The van der Waals surface area contributed by atoms with Crippen molar-refractivity contribution in [2.75, 3.05) is 19.4 Å². The number of rotatable bonds is 15. The fraction of sp³-hybridized carbons (Fsp3) is 0.882. The van der Waals surface area contributed by atoms with Gasteiger partial charge in [0.05, 0.1) is 19.4 Å². The Bertz CT molecular complexity index is 280. The van der Waals surface area contributed by atoms with Gasteiger partial charge in [-0.2, -0.15) is 0 Å². The van der Waals surface area contributed by atoms with E-state index < -0.39 is 7.60 Å². The molecule has 4 heteroatoms. The van der Waals surface area contributed by atoms with Crippen LogP contribution in [0.2, 0.25) is 0 Å². The fourth-order valence-corrected chi connectivity index (χ4v) is 3.73. The van der Waals surface area contributed by atoms with Crippen LogP contribution in [0.15, 0.2) is 12.2 Å². The molecule has 0 unspecified atom stereocenters. The Kier molecular flexibility index (Phi) is 14.7. The lowest BCUT2D eigenvalue weighted by molar-refractivity contribution is 0.222. The maximum Gasteiger partial charge on any atom is 0.334 e. The van der Waals surface area contributed by atoms with Gasteiger partial charge in [-0.15, -0.1) is 0 Å². The van der Waals surface area contributed by atoms with Gasteiger partial charge in [0.15, 0.2) is 0 Å². The summed E-state index contributed by atoms with van der Waals surface area (Å²) in [6, 6.07) is 0. The summed E-state index contributed by atoms with van der Waals surface area (Å²) in [4.78, 5) is 0. The third kappa shape index (κ3) is 13.3. The van der Waals surface area contributed by atoms with Gasteiger partial charge in [-0.3, -0.25) is 4.57 Å². The van der Waals surface area contributed by atoms with Gasteiger partial charge in [-0.05, 0) is 26.7 Å². The van der Waals surface area contributed by atoms with Crippen molar-refractivity contribution in [2.24, 2.45) is 0 Å². The third-order valence-corrected chi connectivity index (χ3v) is 5.33. The summed E-state index contributed by atoms with van der Waals surface area (Å²) in [5.41, 5.74) is 0. The second-order valence-corrected chi connectivity index (χ2v) is 7.47. The molecule has 0 amide bonds.